The highest BCUT2D eigenvalue weighted by Crippen LogP contribution is 2.03. The Morgan fingerprint density at radius 2 is 1.95 bits per heavy atom. The number of carboxylic acid groups (broad SMARTS) is 1. The number of carbonyl (C=O) groups is 2. The van der Waals surface area contributed by atoms with Crippen LogP contribution in [0.4, 0.5) is 4.79 Å². The Morgan fingerprint density at radius 3 is 2.50 bits per heavy atom. The predicted octanol–water partition coefficient (Wildman–Crippen LogP) is 1.02. The van der Waals surface area contributed by atoms with E-state index in [9.17, 15) is 9.59 Å². The highest BCUT2D eigenvalue weighted by atomic mass is 16.5. The van der Waals surface area contributed by atoms with Gasteiger partial charge < -0.3 is 20.5 Å². The Balaban J connectivity index is 2.51. The van der Waals surface area contributed by atoms with Crippen molar-refractivity contribution in [3.8, 4) is 0 Å². The smallest absolute Gasteiger partial charge is 0.326 e. The van der Waals surface area contributed by atoms with Crippen LogP contribution in [0.1, 0.15) is 12.5 Å². The third-order valence-corrected chi connectivity index (χ3v) is 2.84. The Morgan fingerprint density at radius 1 is 1.30 bits per heavy atom. The van der Waals surface area contributed by atoms with Crippen molar-refractivity contribution in [3.05, 3.63) is 35.9 Å². The summed E-state index contributed by atoms with van der Waals surface area (Å²) in [5.74, 6) is -1.07. The highest BCUT2D eigenvalue weighted by Gasteiger charge is 2.20. The number of hydrogen-bond acceptors (Lipinski definition) is 3. The molecule has 20 heavy (non-hydrogen) atoms. The molecule has 0 bridgehead atoms. The molecule has 0 saturated heterocycles. The van der Waals surface area contributed by atoms with Gasteiger partial charge >= 0.3 is 12.0 Å². The molecule has 0 aliphatic heterocycles. The first-order chi connectivity index (χ1) is 9.52. The molecule has 2 amide bonds. The second-order valence-corrected chi connectivity index (χ2v) is 4.48. The van der Waals surface area contributed by atoms with Crippen molar-refractivity contribution in [2.45, 2.75) is 25.5 Å². The monoisotopic (exact) mass is 280 g/mol. The molecule has 0 radical (unpaired) electrons. The van der Waals surface area contributed by atoms with Gasteiger partial charge in [-0.15, -0.1) is 0 Å². The van der Waals surface area contributed by atoms with Crippen LogP contribution in [0, 0.1) is 0 Å². The number of urea groups is 1. The summed E-state index contributed by atoms with van der Waals surface area (Å²) >= 11 is 0. The van der Waals surface area contributed by atoms with E-state index in [1.165, 1.54) is 0 Å². The summed E-state index contributed by atoms with van der Waals surface area (Å²) in [7, 11) is 1.54. The van der Waals surface area contributed by atoms with Gasteiger partial charge in [0, 0.05) is 20.1 Å². The van der Waals surface area contributed by atoms with Gasteiger partial charge in [0.1, 0.15) is 6.04 Å². The maximum Gasteiger partial charge on any atom is 0.326 e. The minimum absolute atomic E-state index is 0.127. The van der Waals surface area contributed by atoms with Crippen LogP contribution < -0.4 is 10.6 Å². The lowest BCUT2D eigenvalue weighted by Gasteiger charge is -2.16. The fourth-order valence-electron chi connectivity index (χ4n) is 1.58. The van der Waals surface area contributed by atoms with Crippen LogP contribution in [0.15, 0.2) is 30.3 Å². The molecule has 0 aliphatic rings. The summed E-state index contributed by atoms with van der Waals surface area (Å²) in [5, 5.41) is 14.1. The molecule has 1 aromatic carbocycles. The molecule has 6 heteroatoms. The fourth-order valence-corrected chi connectivity index (χ4v) is 1.58. The van der Waals surface area contributed by atoms with Crippen molar-refractivity contribution in [1.29, 1.82) is 0 Å². The molecule has 0 fully saturated rings. The summed E-state index contributed by atoms with van der Waals surface area (Å²) in [5.41, 5.74) is 0.852. The Bertz CT molecular complexity index is 436. The van der Waals surface area contributed by atoms with E-state index in [0.717, 1.165) is 5.56 Å². The number of carboxylic acids is 1. The van der Waals surface area contributed by atoms with E-state index in [0.29, 0.717) is 6.54 Å². The first-order valence-electron chi connectivity index (χ1n) is 6.36. The van der Waals surface area contributed by atoms with Gasteiger partial charge in [0.05, 0.1) is 6.10 Å². The average molecular weight is 280 g/mol. The van der Waals surface area contributed by atoms with Gasteiger partial charge in [-0.3, -0.25) is 0 Å². The van der Waals surface area contributed by atoms with Crippen molar-refractivity contribution >= 4 is 12.0 Å². The summed E-state index contributed by atoms with van der Waals surface area (Å²) in [6.07, 6.45) is 0.113. The van der Waals surface area contributed by atoms with Crippen LogP contribution in [-0.2, 0) is 16.0 Å². The lowest BCUT2D eigenvalue weighted by atomic mass is 10.1. The number of ether oxygens (including phenoxy) is 1. The number of rotatable bonds is 7. The third kappa shape index (κ3) is 5.71. The van der Waals surface area contributed by atoms with Gasteiger partial charge in [0.2, 0.25) is 0 Å². The lowest BCUT2D eigenvalue weighted by molar-refractivity contribution is -0.139. The van der Waals surface area contributed by atoms with E-state index in [1.54, 1.807) is 14.0 Å². The molecule has 0 saturated carbocycles. The standard InChI is InChI=1S/C14H20N2O4/c1-10(20-2)9-15-14(19)16-12(13(17)18)8-11-6-4-3-5-7-11/h3-7,10,12H,8-9H2,1-2H3,(H,17,18)(H2,15,16,19). The van der Waals surface area contributed by atoms with Crippen LogP contribution in [-0.4, -0.2) is 42.9 Å². The van der Waals surface area contributed by atoms with Crippen molar-refractivity contribution in [3.63, 3.8) is 0 Å². The van der Waals surface area contributed by atoms with Crippen LogP contribution in [0.2, 0.25) is 0 Å². The molecular weight excluding hydrogens is 260 g/mol. The molecule has 6 nitrogen and oxygen atoms in total. The van der Waals surface area contributed by atoms with E-state index in [1.807, 2.05) is 30.3 Å². The topological polar surface area (TPSA) is 87.7 Å². The SMILES string of the molecule is COC(C)CNC(=O)NC(Cc1ccccc1)C(=O)O. The van der Waals surface area contributed by atoms with Crippen molar-refractivity contribution < 1.29 is 19.4 Å². The molecule has 0 aromatic heterocycles. The number of amides is 2. The molecule has 1 aromatic rings. The minimum atomic E-state index is -1.07. The molecule has 0 heterocycles. The van der Waals surface area contributed by atoms with Gasteiger partial charge in [0.25, 0.3) is 0 Å². The zero-order valence-corrected chi connectivity index (χ0v) is 11.6. The number of carbonyl (C=O) groups excluding carboxylic acids is 1. The maximum atomic E-state index is 11.6. The minimum Gasteiger partial charge on any atom is -0.480 e. The molecule has 3 N–H and O–H groups in total. The van der Waals surface area contributed by atoms with Gasteiger partial charge in [-0.2, -0.15) is 0 Å². The quantitative estimate of drug-likeness (QED) is 0.695. The largest absolute Gasteiger partial charge is 0.480 e. The summed E-state index contributed by atoms with van der Waals surface area (Å²) in [4.78, 5) is 22.8. The summed E-state index contributed by atoms with van der Waals surface area (Å²) in [6, 6.07) is 7.67. The molecule has 0 spiro atoms. The first-order valence-corrected chi connectivity index (χ1v) is 6.36. The predicted molar refractivity (Wildman–Crippen MR) is 74.6 cm³/mol. The number of aliphatic carboxylic acids is 1. The van der Waals surface area contributed by atoms with Crippen molar-refractivity contribution in [1.82, 2.24) is 10.6 Å². The van der Waals surface area contributed by atoms with Gasteiger partial charge in [-0.05, 0) is 12.5 Å². The third-order valence-electron chi connectivity index (χ3n) is 2.84. The maximum absolute atomic E-state index is 11.6. The zero-order chi connectivity index (χ0) is 15.0. The average Bonchev–Trinajstić information content (AvgIpc) is 2.45. The second-order valence-electron chi connectivity index (χ2n) is 4.48. The molecule has 2 atom stereocenters. The highest BCUT2D eigenvalue weighted by molar-refractivity contribution is 5.82. The second kappa shape index (κ2) is 8.16. The van der Waals surface area contributed by atoms with E-state index in [2.05, 4.69) is 10.6 Å². The Hall–Kier alpha value is -2.08. The van der Waals surface area contributed by atoms with Crippen molar-refractivity contribution in [2.24, 2.45) is 0 Å². The molecule has 110 valence electrons. The van der Waals surface area contributed by atoms with Gasteiger partial charge in [-0.1, -0.05) is 30.3 Å². The molecule has 0 aliphatic carbocycles. The van der Waals surface area contributed by atoms with E-state index in [4.69, 9.17) is 9.84 Å². The van der Waals surface area contributed by atoms with Gasteiger partial charge in [-0.25, -0.2) is 9.59 Å². The normalized spacial score (nSPS) is 13.3. The van der Waals surface area contributed by atoms with E-state index >= 15 is 0 Å². The molecule has 2 unspecified atom stereocenters. The lowest BCUT2D eigenvalue weighted by Crippen LogP contribution is -2.48. The molecular formula is C14H20N2O4. The first kappa shape index (κ1) is 16.0. The summed E-state index contributed by atoms with van der Waals surface area (Å²) in [6.45, 7) is 2.12. The van der Waals surface area contributed by atoms with Crippen LogP contribution in [0.5, 0.6) is 0 Å². The van der Waals surface area contributed by atoms with Gasteiger partial charge in [0.15, 0.2) is 0 Å². The fraction of sp³-hybridized carbons (Fsp3) is 0.429. The van der Waals surface area contributed by atoms with E-state index in [-0.39, 0.29) is 12.5 Å². The number of methoxy groups -OCH3 is 1. The Labute approximate surface area is 118 Å². The zero-order valence-electron chi connectivity index (χ0n) is 11.6. The summed E-state index contributed by atoms with van der Waals surface area (Å²) < 4.78 is 4.99. The number of benzene rings is 1. The Kier molecular flexibility index (Phi) is 6.52. The van der Waals surface area contributed by atoms with Crippen LogP contribution >= 0.6 is 0 Å². The number of hydrogen-bond donors (Lipinski definition) is 3. The molecule has 1 rings (SSSR count). The van der Waals surface area contributed by atoms with Crippen LogP contribution in [0.25, 0.3) is 0 Å². The van der Waals surface area contributed by atoms with Crippen LogP contribution in [0.3, 0.4) is 0 Å². The number of nitrogens with one attached hydrogen (secondary N) is 2. The van der Waals surface area contributed by atoms with E-state index < -0.39 is 18.0 Å². The van der Waals surface area contributed by atoms with Crippen molar-refractivity contribution in [2.75, 3.05) is 13.7 Å².